The zero-order valence-corrected chi connectivity index (χ0v) is 13.2. The first kappa shape index (κ1) is 15.0. The third-order valence-electron chi connectivity index (χ3n) is 4.20. The van der Waals surface area contributed by atoms with E-state index in [0.717, 1.165) is 11.3 Å². The van der Waals surface area contributed by atoms with E-state index in [1.807, 2.05) is 48.5 Å². The fraction of sp³-hybridized carbons (Fsp3) is 0.158. The molecule has 116 valence electrons. The van der Waals surface area contributed by atoms with E-state index in [2.05, 4.69) is 6.58 Å². The first-order valence-electron chi connectivity index (χ1n) is 7.47. The van der Waals surface area contributed by atoms with Crippen molar-refractivity contribution in [2.45, 2.75) is 13.0 Å². The molecule has 0 saturated carbocycles. The Morgan fingerprint density at radius 3 is 2.22 bits per heavy atom. The van der Waals surface area contributed by atoms with E-state index in [9.17, 15) is 9.59 Å². The van der Waals surface area contributed by atoms with E-state index in [1.54, 1.807) is 24.9 Å². The van der Waals surface area contributed by atoms with Gasteiger partial charge in [-0.3, -0.25) is 14.5 Å². The van der Waals surface area contributed by atoms with Gasteiger partial charge in [-0.25, -0.2) is 0 Å². The molecule has 0 bridgehead atoms. The number of amides is 2. The molecule has 0 saturated heterocycles. The van der Waals surface area contributed by atoms with Crippen LogP contribution >= 0.6 is 0 Å². The van der Waals surface area contributed by atoms with Crippen molar-refractivity contribution in [2.24, 2.45) is 0 Å². The largest absolute Gasteiger partial charge is 0.314 e. The Hall–Kier alpha value is -2.88. The highest BCUT2D eigenvalue weighted by Crippen LogP contribution is 2.33. The smallest absolute Gasteiger partial charge is 0.259 e. The van der Waals surface area contributed by atoms with Gasteiger partial charge in [0.1, 0.15) is 6.04 Å². The monoisotopic (exact) mass is 306 g/mol. The molecule has 1 heterocycles. The van der Waals surface area contributed by atoms with Gasteiger partial charge in [-0.1, -0.05) is 43.0 Å². The molecule has 0 fully saturated rings. The maximum absolute atomic E-state index is 12.8. The summed E-state index contributed by atoms with van der Waals surface area (Å²) in [5, 5.41) is 0. The Labute approximate surface area is 135 Å². The summed E-state index contributed by atoms with van der Waals surface area (Å²) in [5.74, 6) is -0.327. The fourth-order valence-electron chi connectivity index (χ4n) is 2.88. The van der Waals surface area contributed by atoms with Crippen molar-refractivity contribution in [3.05, 3.63) is 72.3 Å². The number of hydrogen-bond donors (Lipinski definition) is 0. The summed E-state index contributed by atoms with van der Waals surface area (Å²) in [6, 6.07) is 16.0. The molecule has 4 nitrogen and oxygen atoms in total. The van der Waals surface area contributed by atoms with Gasteiger partial charge < -0.3 is 4.90 Å². The number of carbonyl (C=O) groups is 2. The Bertz CT molecular complexity index is 748. The van der Waals surface area contributed by atoms with Gasteiger partial charge in [0.2, 0.25) is 5.91 Å². The predicted molar refractivity (Wildman–Crippen MR) is 91.0 cm³/mol. The number of benzene rings is 2. The molecule has 0 radical (unpaired) electrons. The van der Waals surface area contributed by atoms with Crippen molar-refractivity contribution in [2.75, 3.05) is 11.9 Å². The Morgan fingerprint density at radius 2 is 1.61 bits per heavy atom. The zero-order valence-electron chi connectivity index (χ0n) is 13.2. The second-order valence-electron chi connectivity index (χ2n) is 5.58. The number of hydrogen-bond acceptors (Lipinski definition) is 2. The third kappa shape index (κ3) is 2.42. The average Bonchev–Trinajstić information content (AvgIpc) is 2.85. The molecule has 0 spiro atoms. The summed E-state index contributed by atoms with van der Waals surface area (Å²) in [5.41, 5.74) is 2.76. The molecule has 2 aromatic rings. The number of carbonyl (C=O) groups excluding carboxylic acids is 2. The highest BCUT2D eigenvalue weighted by Gasteiger charge is 2.37. The fourth-order valence-corrected chi connectivity index (χ4v) is 2.88. The van der Waals surface area contributed by atoms with Crippen LogP contribution in [-0.2, 0) is 4.79 Å². The molecule has 0 aliphatic carbocycles. The van der Waals surface area contributed by atoms with Crippen molar-refractivity contribution in [3.63, 3.8) is 0 Å². The maximum atomic E-state index is 12.8. The van der Waals surface area contributed by atoms with Crippen molar-refractivity contribution in [1.82, 2.24) is 4.90 Å². The van der Waals surface area contributed by atoms with Crippen LogP contribution in [0, 0.1) is 0 Å². The van der Waals surface area contributed by atoms with Crippen LogP contribution in [0.1, 0.15) is 22.8 Å². The lowest BCUT2D eigenvalue weighted by molar-refractivity contribution is -0.121. The van der Waals surface area contributed by atoms with Crippen LogP contribution in [0.5, 0.6) is 0 Å². The standard InChI is InChI=1S/C19H18N2O2/c1-13-16-11-7-8-12-17(16)19(23)21(13)14(2)18(22)20(3)15-9-5-4-6-10-15/h4-12,14H,1H2,2-3H3. The number of nitrogens with zero attached hydrogens (tertiary/aromatic N) is 2. The van der Waals surface area contributed by atoms with Gasteiger partial charge >= 0.3 is 0 Å². The predicted octanol–water partition coefficient (Wildman–Crippen LogP) is 3.16. The molecule has 0 N–H and O–H groups in total. The summed E-state index contributed by atoms with van der Waals surface area (Å²) in [4.78, 5) is 28.4. The number of para-hydroxylation sites is 1. The summed E-state index contributed by atoms with van der Waals surface area (Å²) in [6.45, 7) is 5.73. The second-order valence-corrected chi connectivity index (χ2v) is 5.58. The Morgan fingerprint density at radius 1 is 1.04 bits per heavy atom. The summed E-state index contributed by atoms with van der Waals surface area (Å²) >= 11 is 0. The van der Waals surface area contributed by atoms with Crippen molar-refractivity contribution in [1.29, 1.82) is 0 Å². The maximum Gasteiger partial charge on any atom is 0.259 e. The Balaban J connectivity index is 1.87. The molecule has 3 rings (SSSR count). The van der Waals surface area contributed by atoms with Crippen LogP contribution in [0.15, 0.2) is 61.2 Å². The zero-order chi connectivity index (χ0) is 16.6. The SMILES string of the molecule is C=C1c2ccccc2C(=O)N1C(C)C(=O)N(C)c1ccccc1. The quantitative estimate of drug-likeness (QED) is 0.874. The minimum Gasteiger partial charge on any atom is -0.314 e. The topological polar surface area (TPSA) is 40.6 Å². The summed E-state index contributed by atoms with van der Waals surface area (Å²) < 4.78 is 0. The average molecular weight is 306 g/mol. The van der Waals surface area contributed by atoms with Crippen LogP contribution in [0.25, 0.3) is 5.70 Å². The highest BCUT2D eigenvalue weighted by atomic mass is 16.2. The normalized spacial score (nSPS) is 14.6. The number of rotatable bonds is 3. The molecule has 2 aromatic carbocycles. The van der Waals surface area contributed by atoms with Gasteiger partial charge in [0.25, 0.3) is 5.91 Å². The lowest BCUT2D eigenvalue weighted by atomic mass is 10.1. The van der Waals surface area contributed by atoms with E-state index in [0.29, 0.717) is 11.3 Å². The van der Waals surface area contributed by atoms with Gasteiger partial charge in [0, 0.05) is 29.6 Å². The molecular formula is C19H18N2O2. The molecule has 1 unspecified atom stereocenters. The lowest BCUT2D eigenvalue weighted by Gasteiger charge is -2.28. The van der Waals surface area contributed by atoms with Gasteiger partial charge in [-0.2, -0.15) is 0 Å². The van der Waals surface area contributed by atoms with Crippen LogP contribution in [-0.4, -0.2) is 29.8 Å². The highest BCUT2D eigenvalue weighted by molar-refractivity contribution is 6.12. The van der Waals surface area contributed by atoms with E-state index in [-0.39, 0.29) is 11.8 Å². The summed E-state index contributed by atoms with van der Waals surface area (Å²) in [7, 11) is 1.71. The van der Waals surface area contributed by atoms with Gasteiger partial charge in [0.15, 0.2) is 0 Å². The van der Waals surface area contributed by atoms with E-state index >= 15 is 0 Å². The molecule has 1 aliphatic heterocycles. The molecule has 23 heavy (non-hydrogen) atoms. The molecule has 4 heteroatoms. The minimum atomic E-state index is -0.618. The molecular weight excluding hydrogens is 288 g/mol. The van der Waals surface area contributed by atoms with Crippen molar-refractivity contribution < 1.29 is 9.59 Å². The van der Waals surface area contributed by atoms with Crippen molar-refractivity contribution in [3.8, 4) is 0 Å². The molecule has 2 amide bonds. The van der Waals surface area contributed by atoms with Crippen LogP contribution in [0.3, 0.4) is 0 Å². The first-order valence-corrected chi connectivity index (χ1v) is 7.47. The second kappa shape index (κ2) is 5.72. The summed E-state index contributed by atoms with van der Waals surface area (Å²) in [6.07, 6.45) is 0. The van der Waals surface area contributed by atoms with Gasteiger partial charge in [0.05, 0.1) is 0 Å². The van der Waals surface area contributed by atoms with Crippen molar-refractivity contribution >= 4 is 23.2 Å². The van der Waals surface area contributed by atoms with E-state index < -0.39 is 6.04 Å². The van der Waals surface area contributed by atoms with Gasteiger partial charge in [-0.15, -0.1) is 0 Å². The van der Waals surface area contributed by atoms with E-state index in [1.165, 1.54) is 4.90 Å². The Kier molecular flexibility index (Phi) is 3.74. The van der Waals surface area contributed by atoms with Gasteiger partial charge in [-0.05, 0) is 25.1 Å². The van der Waals surface area contributed by atoms with Crippen LogP contribution in [0.2, 0.25) is 0 Å². The first-order chi connectivity index (χ1) is 11.0. The minimum absolute atomic E-state index is 0.154. The number of likely N-dealkylation sites (N-methyl/N-ethyl adjacent to an activating group) is 1. The molecule has 1 atom stereocenters. The molecule has 1 aliphatic rings. The van der Waals surface area contributed by atoms with Crippen LogP contribution in [0.4, 0.5) is 5.69 Å². The molecule has 0 aromatic heterocycles. The third-order valence-corrected chi connectivity index (χ3v) is 4.20. The van der Waals surface area contributed by atoms with E-state index in [4.69, 9.17) is 0 Å². The lowest BCUT2D eigenvalue weighted by Crippen LogP contribution is -2.45. The number of fused-ring (bicyclic) bond motifs is 1. The number of anilines is 1. The van der Waals surface area contributed by atoms with Crippen LogP contribution < -0.4 is 4.90 Å².